The smallest absolute Gasteiger partial charge is 0.274 e. The van der Waals surface area contributed by atoms with Crippen LogP contribution in [0.4, 0.5) is 8.78 Å². The van der Waals surface area contributed by atoms with Crippen LogP contribution in [0.2, 0.25) is 0 Å². The van der Waals surface area contributed by atoms with Gasteiger partial charge in [0, 0.05) is 23.7 Å². The van der Waals surface area contributed by atoms with Gasteiger partial charge in [-0.15, -0.1) is 0 Å². The summed E-state index contributed by atoms with van der Waals surface area (Å²) in [5, 5.41) is 8.79. The van der Waals surface area contributed by atoms with Crippen LogP contribution in [0.1, 0.15) is 16.1 Å². The van der Waals surface area contributed by atoms with Crippen LogP contribution >= 0.6 is 0 Å². The highest BCUT2D eigenvalue weighted by Gasteiger charge is 2.15. The molecule has 0 unspecified atom stereocenters. The van der Waals surface area contributed by atoms with Gasteiger partial charge in [-0.1, -0.05) is 36.4 Å². The van der Waals surface area contributed by atoms with Crippen LogP contribution in [-0.4, -0.2) is 20.5 Å². The van der Waals surface area contributed by atoms with Crippen molar-refractivity contribution < 1.29 is 13.6 Å². The van der Waals surface area contributed by atoms with Gasteiger partial charge in [-0.05, 0) is 35.0 Å². The molecule has 3 aromatic carbocycles. The zero-order valence-electron chi connectivity index (χ0n) is 16.6. The Morgan fingerprint density at radius 3 is 2.66 bits per heavy atom. The number of nitrogens with zero attached hydrogens (tertiary/aromatic N) is 2. The number of halogens is 2. The first-order chi connectivity index (χ1) is 15.5. The molecule has 5 rings (SSSR count). The second-order valence-electron chi connectivity index (χ2n) is 7.34. The van der Waals surface area contributed by atoms with Crippen molar-refractivity contribution in [1.29, 1.82) is 0 Å². The van der Waals surface area contributed by atoms with Gasteiger partial charge in [-0.25, -0.2) is 13.3 Å². The fourth-order valence-electron chi connectivity index (χ4n) is 3.56. The van der Waals surface area contributed by atoms with Gasteiger partial charge in [-0.3, -0.25) is 9.59 Å². The van der Waals surface area contributed by atoms with E-state index in [1.807, 2.05) is 42.5 Å². The molecule has 5 aromatic rings. The van der Waals surface area contributed by atoms with Crippen LogP contribution in [0.5, 0.6) is 0 Å². The average molecular weight is 430 g/mol. The van der Waals surface area contributed by atoms with E-state index in [0.717, 1.165) is 34.5 Å². The first-order valence-corrected chi connectivity index (χ1v) is 9.82. The van der Waals surface area contributed by atoms with Gasteiger partial charge >= 0.3 is 0 Å². The highest BCUT2D eigenvalue weighted by atomic mass is 19.1. The number of hydrogen-bond donors (Lipinski definition) is 2. The number of H-pyrrole nitrogens is 1. The molecule has 0 fully saturated rings. The number of aromatic amines is 1. The molecule has 0 bridgehead atoms. The minimum atomic E-state index is -0.627. The van der Waals surface area contributed by atoms with Gasteiger partial charge in [0.25, 0.3) is 11.5 Å². The maximum Gasteiger partial charge on any atom is 0.274 e. The molecular formula is C24H16F2N4O2. The molecule has 1 amide bonds. The molecule has 6 nitrogen and oxygen atoms in total. The zero-order valence-corrected chi connectivity index (χ0v) is 16.6. The van der Waals surface area contributed by atoms with Gasteiger partial charge in [0.05, 0.1) is 11.9 Å². The Morgan fingerprint density at radius 1 is 1.00 bits per heavy atom. The average Bonchev–Trinajstić information content (AvgIpc) is 3.24. The number of carbonyl (C=O) groups is 1. The number of fused-ring (bicyclic) bond motifs is 2. The third kappa shape index (κ3) is 3.62. The molecule has 2 N–H and O–H groups in total. The Bertz CT molecular complexity index is 1560. The van der Waals surface area contributed by atoms with Gasteiger partial charge in [0.15, 0.2) is 5.69 Å². The van der Waals surface area contributed by atoms with Gasteiger partial charge < -0.3 is 10.3 Å². The van der Waals surface area contributed by atoms with Crippen molar-refractivity contribution in [3.8, 4) is 11.3 Å². The molecule has 158 valence electrons. The molecule has 0 atom stereocenters. The Kier molecular flexibility index (Phi) is 4.74. The van der Waals surface area contributed by atoms with Crippen molar-refractivity contribution in [2.45, 2.75) is 6.54 Å². The third-order valence-corrected chi connectivity index (χ3v) is 5.21. The molecule has 0 radical (unpaired) electrons. The summed E-state index contributed by atoms with van der Waals surface area (Å²) in [7, 11) is 0. The van der Waals surface area contributed by atoms with Gasteiger partial charge in [0.2, 0.25) is 0 Å². The number of aromatic nitrogens is 3. The van der Waals surface area contributed by atoms with Crippen LogP contribution in [-0.2, 0) is 6.54 Å². The highest BCUT2D eigenvalue weighted by Crippen LogP contribution is 2.22. The SMILES string of the molecule is O=C(NCc1cc(F)ccc1F)c1cc2c(=O)[nH]c(-c3ccc4ccccc4c3)cn2n1. The standard InChI is InChI=1S/C24H16F2N4O2/c25-18-7-8-19(26)17(10-18)12-27-23(31)20-11-22-24(32)28-21(13-30(22)29-20)16-6-5-14-3-1-2-4-15(14)9-16/h1-11,13H,12H2,(H,27,31)(H,28,32). The van der Waals surface area contributed by atoms with Crippen LogP contribution in [0.3, 0.4) is 0 Å². The Hall–Kier alpha value is -4.33. The summed E-state index contributed by atoms with van der Waals surface area (Å²) >= 11 is 0. The topological polar surface area (TPSA) is 79.3 Å². The lowest BCUT2D eigenvalue weighted by atomic mass is 10.1. The lowest BCUT2D eigenvalue weighted by Crippen LogP contribution is -2.23. The van der Waals surface area contributed by atoms with E-state index in [4.69, 9.17) is 0 Å². The molecule has 2 aromatic heterocycles. The van der Waals surface area contributed by atoms with E-state index in [1.165, 1.54) is 10.6 Å². The lowest BCUT2D eigenvalue weighted by molar-refractivity contribution is 0.0945. The van der Waals surface area contributed by atoms with E-state index in [-0.39, 0.29) is 23.3 Å². The number of amides is 1. The van der Waals surface area contributed by atoms with Crippen molar-refractivity contribution >= 4 is 22.2 Å². The highest BCUT2D eigenvalue weighted by molar-refractivity contribution is 5.93. The first-order valence-electron chi connectivity index (χ1n) is 9.82. The molecule has 8 heteroatoms. The minimum absolute atomic E-state index is 0.0111. The molecule has 0 aliphatic carbocycles. The number of benzene rings is 3. The molecule has 2 heterocycles. The largest absolute Gasteiger partial charge is 0.346 e. The van der Waals surface area contributed by atoms with Gasteiger partial charge in [0.1, 0.15) is 17.2 Å². The number of rotatable bonds is 4. The lowest BCUT2D eigenvalue weighted by Gasteiger charge is -2.05. The van der Waals surface area contributed by atoms with Crippen LogP contribution < -0.4 is 10.9 Å². The van der Waals surface area contributed by atoms with Crippen LogP contribution in [0.15, 0.2) is 77.7 Å². The fraction of sp³-hybridized carbons (Fsp3) is 0.0417. The summed E-state index contributed by atoms with van der Waals surface area (Å²) in [4.78, 5) is 27.9. The Morgan fingerprint density at radius 2 is 1.81 bits per heavy atom. The summed E-state index contributed by atoms with van der Waals surface area (Å²) in [6, 6.07) is 18.0. The number of hydrogen-bond acceptors (Lipinski definition) is 3. The summed E-state index contributed by atoms with van der Waals surface area (Å²) < 4.78 is 28.4. The Balaban J connectivity index is 1.44. The number of carbonyl (C=O) groups excluding carboxylic acids is 1. The molecule has 32 heavy (non-hydrogen) atoms. The molecular weight excluding hydrogens is 414 g/mol. The van der Waals surface area contributed by atoms with E-state index in [0.29, 0.717) is 5.69 Å². The van der Waals surface area contributed by atoms with E-state index < -0.39 is 23.1 Å². The molecule has 0 aliphatic rings. The zero-order chi connectivity index (χ0) is 22.2. The minimum Gasteiger partial charge on any atom is -0.346 e. The molecule has 0 aliphatic heterocycles. The van der Waals surface area contributed by atoms with Crippen molar-refractivity contribution in [2.24, 2.45) is 0 Å². The van der Waals surface area contributed by atoms with Crippen LogP contribution in [0.25, 0.3) is 27.5 Å². The molecule has 0 spiro atoms. The second-order valence-corrected chi connectivity index (χ2v) is 7.34. The quantitative estimate of drug-likeness (QED) is 0.452. The number of nitrogens with one attached hydrogen (secondary N) is 2. The monoisotopic (exact) mass is 430 g/mol. The second kappa shape index (κ2) is 7.73. The maximum absolute atomic E-state index is 13.8. The fourth-order valence-corrected chi connectivity index (χ4v) is 3.56. The first kappa shape index (κ1) is 19.6. The van der Waals surface area contributed by atoms with E-state index in [1.54, 1.807) is 6.20 Å². The summed E-state index contributed by atoms with van der Waals surface area (Å²) in [5.41, 5.74) is 1.13. The Labute approximate surface area is 180 Å². The van der Waals surface area contributed by atoms with Crippen molar-refractivity contribution in [2.75, 3.05) is 0 Å². The predicted octanol–water partition coefficient (Wildman–Crippen LogP) is 4.05. The van der Waals surface area contributed by atoms with E-state index >= 15 is 0 Å². The molecule has 0 saturated heterocycles. The summed E-state index contributed by atoms with van der Waals surface area (Å²) in [6.45, 7) is -0.213. The van der Waals surface area contributed by atoms with Crippen molar-refractivity contribution in [3.05, 3.63) is 106 Å². The van der Waals surface area contributed by atoms with Crippen molar-refractivity contribution in [1.82, 2.24) is 19.9 Å². The molecule has 0 saturated carbocycles. The van der Waals surface area contributed by atoms with Crippen molar-refractivity contribution in [3.63, 3.8) is 0 Å². The maximum atomic E-state index is 13.8. The van der Waals surface area contributed by atoms with Gasteiger partial charge in [-0.2, -0.15) is 5.10 Å². The summed E-state index contributed by atoms with van der Waals surface area (Å²) in [5.74, 6) is -1.83. The van der Waals surface area contributed by atoms with E-state index in [9.17, 15) is 18.4 Å². The summed E-state index contributed by atoms with van der Waals surface area (Å²) in [6.07, 6.45) is 1.63. The predicted molar refractivity (Wildman–Crippen MR) is 116 cm³/mol. The van der Waals surface area contributed by atoms with Crippen LogP contribution in [0, 0.1) is 11.6 Å². The normalized spacial score (nSPS) is 11.2. The third-order valence-electron chi connectivity index (χ3n) is 5.21. The van der Waals surface area contributed by atoms with E-state index in [2.05, 4.69) is 15.4 Å².